The van der Waals surface area contributed by atoms with Crippen molar-refractivity contribution < 1.29 is 76.1 Å². The van der Waals surface area contributed by atoms with Gasteiger partial charge in [-0.2, -0.15) is 21.6 Å². The molecule has 0 radical (unpaired) electrons. The molecule has 0 saturated carbocycles. The van der Waals surface area contributed by atoms with Crippen molar-refractivity contribution in [1.82, 2.24) is 0 Å². The number of nitrogens with zero attached hydrogens (tertiary/aromatic N) is 1. The first-order chi connectivity index (χ1) is 23.6. The van der Waals surface area contributed by atoms with E-state index in [1.165, 1.54) is 12.1 Å². The Morgan fingerprint density at radius 3 is 2.02 bits per heavy atom. The number of hydrogen-bond donors (Lipinski definition) is 7. The summed E-state index contributed by atoms with van der Waals surface area (Å²) >= 11 is 0. The molecule has 0 fully saturated rings. The van der Waals surface area contributed by atoms with Crippen LogP contribution in [0.4, 0.5) is 18.9 Å². The number of aliphatic carboxylic acids is 1. The molecule has 0 heterocycles. The molecule has 0 aromatic heterocycles. The van der Waals surface area contributed by atoms with Gasteiger partial charge in [0.05, 0.1) is 10.5 Å². The Labute approximate surface area is 287 Å². The Hall–Kier alpha value is -5.37. The van der Waals surface area contributed by atoms with Gasteiger partial charge in [-0.05, 0) is 41.7 Å². The largest absolute Gasteiger partial charge is 0.501 e. The molecule has 7 N–H and O–H groups in total. The van der Waals surface area contributed by atoms with Gasteiger partial charge < -0.3 is 30.6 Å². The van der Waals surface area contributed by atoms with Gasteiger partial charge in [0.25, 0.3) is 15.7 Å². The van der Waals surface area contributed by atoms with E-state index < -0.39 is 79.1 Å². The number of aromatic carboxylic acids is 2. The fourth-order valence-electron chi connectivity index (χ4n) is 4.67. The number of allylic oxidation sites excluding steroid dienone is 1. The number of nitro groups is 1. The van der Waals surface area contributed by atoms with Crippen molar-refractivity contribution in [3.8, 4) is 16.9 Å². The number of rotatable bonds is 11. The molecular weight excluding hydrogens is 711 g/mol. The molecule has 0 aliphatic heterocycles. The smallest absolute Gasteiger partial charge is 0.428 e. The number of aliphatic hydroxyl groups excluding tert-OH is 1. The van der Waals surface area contributed by atoms with Crippen molar-refractivity contribution in [3.05, 3.63) is 99.1 Å². The van der Waals surface area contributed by atoms with Crippen LogP contribution in [0, 0.1) is 10.1 Å². The number of carbonyl (C=O) groups is 3. The summed E-state index contributed by atoms with van der Waals surface area (Å²) in [6.45, 7) is 2.00. The molecule has 3 aromatic carbocycles. The maximum absolute atomic E-state index is 12.3. The minimum Gasteiger partial charge on any atom is -0.501 e. The molecule has 0 bridgehead atoms. The van der Waals surface area contributed by atoms with Crippen LogP contribution in [0.3, 0.4) is 0 Å². The first kappa shape index (κ1) is 41.8. The second kappa shape index (κ2) is 17.0. The first-order valence-corrected chi connectivity index (χ1v) is 16.1. The summed E-state index contributed by atoms with van der Waals surface area (Å²) in [4.78, 5) is 40.5. The number of fused-ring (bicyclic) bond motifs is 3. The SMILES string of the molecule is CCCCCC=CCC(O)(C(=O)O)C(F)(F)F.O=C(O)c1cc(S(=O)(=O)O)cc([N+](=O)[O-])c1O.O=C(O)c1cccc2c1C(O)c1ccccc1-2. The summed E-state index contributed by atoms with van der Waals surface area (Å²) in [5.41, 5.74) is -2.63. The molecule has 15 nitrogen and oxygen atoms in total. The highest BCUT2D eigenvalue weighted by atomic mass is 32.2. The summed E-state index contributed by atoms with van der Waals surface area (Å²) in [6.07, 6.45) is -1.06. The van der Waals surface area contributed by atoms with Crippen LogP contribution in [0.1, 0.15) is 77.0 Å². The van der Waals surface area contributed by atoms with E-state index in [0.29, 0.717) is 24.1 Å². The molecule has 0 saturated heterocycles. The average Bonchev–Trinajstić information content (AvgIpc) is 3.33. The zero-order chi connectivity index (χ0) is 38.9. The van der Waals surface area contributed by atoms with Crippen LogP contribution >= 0.6 is 0 Å². The van der Waals surface area contributed by atoms with Gasteiger partial charge in [-0.3, -0.25) is 14.7 Å². The lowest BCUT2D eigenvalue weighted by Crippen LogP contribution is -2.51. The number of carboxylic acid groups (broad SMARTS) is 3. The van der Waals surface area contributed by atoms with Crippen LogP contribution < -0.4 is 0 Å². The van der Waals surface area contributed by atoms with E-state index in [1.807, 2.05) is 37.3 Å². The van der Waals surface area contributed by atoms with E-state index in [9.17, 15) is 56.3 Å². The third kappa shape index (κ3) is 10.1. The minimum absolute atomic E-state index is 0.172. The van der Waals surface area contributed by atoms with Gasteiger partial charge in [0.15, 0.2) is 0 Å². The standard InChI is InChI=1S/C14H10O3.C11H17F3O3.C7H5NO8S/c15-13-10-5-2-1-4-8(10)9-6-3-7-11(12(9)13)14(16)17;1-2-3-4-5-6-7-8-10(17,9(15)16)11(12,13)14;9-6-4(7(10)11)1-3(17(14,15)16)2-5(6)8(12)13/h1-7,13,15H,(H,16,17);6-7,17H,2-5,8H2,1H3,(H,15,16);1-2,9H,(H,10,11)(H,14,15,16). The molecule has 1 aliphatic rings. The zero-order valence-electron chi connectivity index (χ0n) is 26.4. The third-order valence-electron chi connectivity index (χ3n) is 7.32. The average molecular weight is 744 g/mol. The highest BCUT2D eigenvalue weighted by Gasteiger charge is 2.59. The number of alkyl halides is 3. The van der Waals surface area contributed by atoms with E-state index in [1.54, 1.807) is 6.07 Å². The van der Waals surface area contributed by atoms with E-state index in [4.69, 9.17) is 25.0 Å². The predicted molar refractivity (Wildman–Crippen MR) is 171 cm³/mol. The number of benzene rings is 3. The van der Waals surface area contributed by atoms with E-state index >= 15 is 0 Å². The van der Waals surface area contributed by atoms with Gasteiger partial charge >= 0.3 is 29.8 Å². The van der Waals surface area contributed by atoms with Crippen molar-refractivity contribution in [2.45, 2.75) is 61.8 Å². The summed E-state index contributed by atoms with van der Waals surface area (Å²) in [5, 5.41) is 65.1. The number of aliphatic hydroxyl groups is 2. The lowest BCUT2D eigenvalue weighted by molar-refractivity contribution is -0.386. The summed E-state index contributed by atoms with van der Waals surface area (Å²) < 4.78 is 67.1. The summed E-state index contributed by atoms with van der Waals surface area (Å²) in [6, 6.07) is 13.3. The highest BCUT2D eigenvalue weighted by Crippen LogP contribution is 2.44. The molecular formula is C32H32F3NO14S. The molecule has 1 aliphatic carbocycles. The Balaban J connectivity index is 0.000000265. The minimum atomic E-state index is -5.17. The van der Waals surface area contributed by atoms with Gasteiger partial charge in [-0.15, -0.1) is 0 Å². The van der Waals surface area contributed by atoms with Crippen LogP contribution in [0.2, 0.25) is 0 Å². The normalized spacial score (nSPS) is 14.5. The number of nitro benzene ring substituents is 1. The highest BCUT2D eigenvalue weighted by molar-refractivity contribution is 7.85. The van der Waals surface area contributed by atoms with Crippen molar-refractivity contribution in [2.75, 3.05) is 0 Å². The molecule has 4 rings (SSSR count). The monoisotopic (exact) mass is 743 g/mol. The zero-order valence-corrected chi connectivity index (χ0v) is 27.3. The van der Waals surface area contributed by atoms with Gasteiger partial charge in [-0.25, -0.2) is 14.4 Å². The molecule has 0 spiro atoms. The molecule has 3 aromatic rings. The number of unbranched alkanes of at least 4 members (excludes halogenated alkanes) is 3. The molecule has 0 amide bonds. The van der Waals surface area contributed by atoms with Gasteiger partial charge in [-0.1, -0.05) is 68.3 Å². The third-order valence-corrected chi connectivity index (χ3v) is 8.15. The quantitative estimate of drug-likeness (QED) is 0.0415. The van der Waals surface area contributed by atoms with Crippen molar-refractivity contribution >= 4 is 33.7 Å². The molecule has 2 atom stereocenters. The Kier molecular flexibility index (Phi) is 14.0. The van der Waals surface area contributed by atoms with Gasteiger partial charge in [0, 0.05) is 18.1 Å². The van der Waals surface area contributed by atoms with E-state index in [-0.39, 0.29) is 5.56 Å². The summed E-state index contributed by atoms with van der Waals surface area (Å²) in [7, 11) is -4.81. The fourth-order valence-corrected chi connectivity index (χ4v) is 5.20. The molecule has 19 heteroatoms. The van der Waals surface area contributed by atoms with Crippen molar-refractivity contribution in [3.63, 3.8) is 0 Å². The first-order valence-electron chi connectivity index (χ1n) is 14.6. The Bertz CT molecular complexity index is 1890. The van der Waals surface area contributed by atoms with Crippen LogP contribution in [-0.4, -0.2) is 78.2 Å². The maximum atomic E-state index is 12.3. The fraction of sp³-hybridized carbons (Fsp3) is 0.281. The van der Waals surface area contributed by atoms with Crippen LogP contribution in [0.15, 0.2) is 71.6 Å². The lowest BCUT2D eigenvalue weighted by Gasteiger charge is -2.24. The lowest BCUT2D eigenvalue weighted by atomic mass is 9.98. The van der Waals surface area contributed by atoms with E-state index in [2.05, 4.69) is 0 Å². The molecule has 276 valence electrons. The van der Waals surface area contributed by atoms with Crippen molar-refractivity contribution in [2.24, 2.45) is 0 Å². The van der Waals surface area contributed by atoms with Crippen molar-refractivity contribution in [1.29, 1.82) is 0 Å². The summed E-state index contributed by atoms with van der Waals surface area (Å²) in [5.74, 6) is -6.23. The Morgan fingerprint density at radius 1 is 0.922 bits per heavy atom. The second-order valence-electron chi connectivity index (χ2n) is 10.8. The van der Waals surface area contributed by atoms with Gasteiger partial charge in [0.1, 0.15) is 16.6 Å². The predicted octanol–water partition coefficient (Wildman–Crippen LogP) is 5.58. The Morgan fingerprint density at radius 2 is 1.51 bits per heavy atom. The van der Waals surface area contributed by atoms with Crippen LogP contribution in [0.5, 0.6) is 5.75 Å². The number of halogens is 3. The van der Waals surface area contributed by atoms with Crippen LogP contribution in [-0.2, 0) is 14.9 Å². The molecule has 51 heavy (non-hydrogen) atoms. The van der Waals surface area contributed by atoms with Gasteiger partial charge in [0.2, 0.25) is 5.75 Å². The van der Waals surface area contributed by atoms with E-state index in [0.717, 1.165) is 42.0 Å². The number of carboxylic acids is 3. The topological polar surface area (TPSA) is 270 Å². The van der Waals surface area contributed by atoms with Crippen LogP contribution in [0.25, 0.3) is 11.1 Å². The molecule has 2 unspecified atom stereocenters. The number of phenols is 1. The maximum Gasteiger partial charge on any atom is 0.428 e. The number of hydrogen-bond acceptors (Lipinski definition) is 10. The number of aromatic hydroxyl groups is 1. The second-order valence-corrected chi connectivity index (χ2v) is 12.2.